The average molecular weight is 219 g/mol. The predicted octanol–water partition coefficient (Wildman–Crippen LogP) is 2.11. The first-order chi connectivity index (χ1) is 6.54. The van der Waals surface area contributed by atoms with Gasteiger partial charge in [-0.1, -0.05) is 6.08 Å². The smallest absolute Gasteiger partial charge is 0.315 e. The first-order valence-corrected chi connectivity index (χ1v) is 6.39. The van der Waals surface area contributed by atoms with Gasteiger partial charge >= 0.3 is 7.60 Å². The Hall–Kier alpha value is -0.150. The van der Waals surface area contributed by atoms with Crippen molar-refractivity contribution in [2.75, 3.05) is 13.2 Å². The molecule has 1 aliphatic carbocycles. The van der Waals surface area contributed by atoms with Crippen molar-refractivity contribution in [1.29, 1.82) is 0 Å². The van der Waals surface area contributed by atoms with Gasteiger partial charge < -0.3 is 14.8 Å². The monoisotopic (exact) mass is 219 g/mol. The number of hydrogen-bond donors (Lipinski definition) is 1. The van der Waals surface area contributed by atoms with Gasteiger partial charge in [0, 0.05) is 5.92 Å². The van der Waals surface area contributed by atoms with Crippen LogP contribution in [0.1, 0.15) is 20.3 Å². The van der Waals surface area contributed by atoms with Crippen molar-refractivity contribution < 1.29 is 13.6 Å². The lowest BCUT2D eigenvalue weighted by molar-refractivity contribution is 0.208. The zero-order chi connectivity index (χ0) is 10.8. The Bertz CT molecular complexity index is 259. The van der Waals surface area contributed by atoms with E-state index in [0.717, 1.165) is 0 Å². The normalized spacial score (nSPS) is 31.5. The van der Waals surface area contributed by atoms with Gasteiger partial charge in [0.2, 0.25) is 0 Å². The maximum absolute atomic E-state index is 12.2. The average Bonchev–Trinajstić information content (AvgIpc) is 2.80. The molecular formula is C9H18NO3P. The van der Waals surface area contributed by atoms with Gasteiger partial charge in [-0.25, -0.2) is 0 Å². The van der Waals surface area contributed by atoms with E-state index in [2.05, 4.69) is 6.58 Å². The van der Waals surface area contributed by atoms with Gasteiger partial charge in [-0.15, -0.1) is 6.58 Å². The SMILES string of the molecule is C=C[C@H]1C[C@]1(N)P(=O)(OCC)OCC. The van der Waals surface area contributed by atoms with Crippen LogP contribution in [0.25, 0.3) is 0 Å². The Morgan fingerprint density at radius 3 is 2.36 bits per heavy atom. The summed E-state index contributed by atoms with van der Waals surface area (Å²) in [6.45, 7) is 7.89. The summed E-state index contributed by atoms with van der Waals surface area (Å²) in [4.78, 5) is 0. The quantitative estimate of drug-likeness (QED) is 0.549. The Morgan fingerprint density at radius 2 is 2.07 bits per heavy atom. The van der Waals surface area contributed by atoms with Gasteiger partial charge in [0.15, 0.2) is 0 Å². The lowest BCUT2D eigenvalue weighted by Gasteiger charge is -2.23. The summed E-state index contributed by atoms with van der Waals surface area (Å²) in [6, 6.07) is 0. The molecule has 0 aromatic heterocycles. The first-order valence-electron chi connectivity index (χ1n) is 4.84. The Morgan fingerprint density at radius 1 is 1.57 bits per heavy atom. The van der Waals surface area contributed by atoms with E-state index in [-0.39, 0.29) is 5.92 Å². The van der Waals surface area contributed by atoms with Crippen molar-refractivity contribution in [2.45, 2.75) is 25.5 Å². The van der Waals surface area contributed by atoms with Crippen molar-refractivity contribution in [2.24, 2.45) is 11.7 Å². The van der Waals surface area contributed by atoms with Gasteiger partial charge in [0.25, 0.3) is 0 Å². The van der Waals surface area contributed by atoms with Crippen LogP contribution in [0.3, 0.4) is 0 Å². The molecule has 0 spiro atoms. The fraction of sp³-hybridized carbons (Fsp3) is 0.778. The van der Waals surface area contributed by atoms with Crippen molar-refractivity contribution in [3.63, 3.8) is 0 Å². The standard InChI is InChI=1S/C9H18NO3P/c1-4-8-7-9(8,10)14(11,12-5-2)13-6-3/h4,8H,1,5-7,10H2,2-3H3/t8-,9-/m0/s1. The molecule has 1 aliphatic rings. The predicted molar refractivity (Wildman–Crippen MR) is 56.1 cm³/mol. The molecule has 2 atom stereocenters. The van der Waals surface area contributed by atoms with E-state index >= 15 is 0 Å². The maximum atomic E-state index is 12.2. The van der Waals surface area contributed by atoms with E-state index in [0.29, 0.717) is 19.6 Å². The molecule has 0 bridgehead atoms. The first kappa shape index (κ1) is 11.9. The third-order valence-corrected chi connectivity index (χ3v) is 5.15. The van der Waals surface area contributed by atoms with Crippen LogP contribution in [0.2, 0.25) is 0 Å². The van der Waals surface area contributed by atoms with Gasteiger partial charge in [-0.05, 0) is 20.3 Å². The molecular weight excluding hydrogens is 201 g/mol. The van der Waals surface area contributed by atoms with Crippen LogP contribution < -0.4 is 5.73 Å². The minimum atomic E-state index is -3.16. The summed E-state index contributed by atoms with van der Waals surface area (Å²) in [6.07, 6.45) is 2.35. The number of hydrogen-bond acceptors (Lipinski definition) is 4. The third kappa shape index (κ3) is 1.80. The molecule has 1 rings (SSSR count). The highest BCUT2D eigenvalue weighted by Crippen LogP contribution is 2.71. The topological polar surface area (TPSA) is 61.6 Å². The summed E-state index contributed by atoms with van der Waals surface area (Å²) >= 11 is 0. The molecule has 4 nitrogen and oxygen atoms in total. The molecule has 0 saturated heterocycles. The Kier molecular flexibility index (Phi) is 3.53. The number of nitrogens with two attached hydrogens (primary N) is 1. The van der Waals surface area contributed by atoms with E-state index < -0.39 is 12.9 Å². The third-order valence-electron chi connectivity index (χ3n) is 2.42. The van der Waals surface area contributed by atoms with E-state index in [4.69, 9.17) is 14.8 Å². The van der Waals surface area contributed by atoms with Crippen molar-refractivity contribution >= 4 is 7.60 Å². The summed E-state index contributed by atoms with van der Waals surface area (Å²) in [5, 5.41) is -0.833. The van der Waals surface area contributed by atoms with Crippen LogP contribution in [-0.4, -0.2) is 18.5 Å². The summed E-state index contributed by atoms with van der Waals surface area (Å²) in [7, 11) is -3.16. The molecule has 0 aliphatic heterocycles. The van der Waals surface area contributed by atoms with Crippen molar-refractivity contribution in [3.8, 4) is 0 Å². The van der Waals surface area contributed by atoms with Gasteiger partial charge in [0.05, 0.1) is 13.2 Å². The van der Waals surface area contributed by atoms with E-state index in [9.17, 15) is 4.57 Å². The molecule has 0 radical (unpaired) electrons. The number of rotatable bonds is 6. The second kappa shape index (κ2) is 4.15. The Labute approximate surface area is 85.0 Å². The molecule has 2 N–H and O–H groups in total. The van der Waals surface area contributed by atoms with Gasteiger partial charge in [0.1, 0.15) is 5.28 Å². The lowest BCUT2D eigenvalue weighted by atomic mass is 10.4. The summed E-state index contributed by atoms with van der Waals surface area (Å²) < 4.78 is 22.6. The summed E-state index contributed by atoms with van der Waals surface area (Å²) in [5.74, 6) is 0.0476. The molecule has 0 aromatic carbocycles. The fourth-order valence-corrected chi connectivity index (χ4v) is 3.68. The second-order valence-corrected chi connectivity index (χ2v) is 5.71. The highest BCUT2D eigenvalue weighted by atomic mass is 31.2. The molecule has 14 heavy (non-hydrogen) atoms. The maximum Gasteiger partial charge on any atom is 0.350 e. The van der Waals surface area contributed by atoms with Crippen LogP contribution in [0.5, 0.6) is 0 Å². The largest absolute Gasteiger partial charge is 0.350 e. The zero-order valence-corrected chi connectivity index (χ0v) is 9.63. The minimum absolute atomic E-state index is 0.0476. The van der Waals surface area contributed by atoms with Crippen LogP contribution in [0, 0.1) is 5.92 Å². The molecule has 1 fully saturated rings. The molecule has 0 amide bonds. The summed E-state index contributed by atoms with van der Waals surface area (Å²) in [5.41, 5.74) is 5.97. The van der Waals surface area contributed by atoms with Crippen molar-refractivity contribution in [3.05, 3.63) is 12.7 Å². The van der Waals surface area contributed by atoms with Crippen molar-refractivity contribution in [1.82, 2.24) is 0 Å². The molecule has 0 unspecified atom stereocenters. The fourth-order valence-electron chi connectivity index (χ4n) is 1.51. The minimum Gasteiger partial charge on any atom is -0.315 e. The molecule has 82 valence electrons. The van der Waals surface area contributed by atoms with Crippen LogP contribution in [0.15, 0.2) is 12.7 Å². The van der Waals surface area contributed by atoms with E-state index in [1.807, 2.05) is 0 Å². The molecule has 5 heteroatoms. The van der Waals surface area contributed by atoms with E-state index in [1.54, 1.807) is 19.9 Å². The highest BCUT2D eigenvalue weighted by Gasteiger charge is 2.64. The zero-order valence-electron chi connectivity index (χ0n) is 8.73. The highest BCUT2D eigenvalue weighted by molar-refractivity contribution is 7.56. The van der Waals surface area contributed by atoms with Crippen LogP contribution in [0.4, 0.5) is 0 Å². The van der Waals surface area contributed by atoms with Gasteiger partial charge in [-0.2, -0.15) is 0 Å². The second-order valence-electron chi connectivity index (χ2n) is 3.37. The van der Waals surface area contributed by atoms with Crippen LogP contribution in [-0.2, 0) is 13.6 Å². The Balaban J connectivity index is 2.78. The van der Waals surface area contributed by atoms with Crippen LogP contribution >= 0.6 is 7.60 Å². The molecule has 1 saturated carbocycles. The molecule has 0 heterocycles. The molecule has 0 aromatic rings. The van der Waals surface area contributed by atoms with Gasteiger partial charge in [-0.3, -0.25) is 4.57 Å². The van der Waals surface area contributed by atoms with E-state index in [1.165, 1.54) is 0 Å². The lowest BCUT2D eigenvalue weighted by Crippen LogP contribution is -2.27.